The number of nitro groups is 1. The normalized spacial score (nSPS) is 11.0. The molecule has 2 aromatic carbocycles. The Bertz CT molecular complexity index is 759. The topological polar surface area (TPSA) is 115 Å². The van der Waals surface area contributed by atoms with Crippen molar-refractivity contribution in [2.24, 2.45) is 0 Å². The summed E-state index contributed by atoms with van der Waals surface area (Å²) < 4.78 is 26.5. The highest BCUT2D eigenvalue weighted by atomic mass is 32.2. The highest BCUT2D eigenvalue weighted by molar-refractivity contribution is 7.92. The predicted molar refractivity (Wildman–Crippen MR) is 74.8 cm³/mol. The molecular formula is C12H11N3O4S. The van der Waals surface area contributed by atoms with Crippen molar-refractivity contribution >= 4 is 27.1 Å². The second-order valence-electron chi connectivity index (χ2n) is 3.99. The van der Waals surface area contributed by atoms with Crippen LogP contribution in [0.1, 0.15) is 0 Å². The minimum Gasteiger partial charge on any atom is -0.399 e. The maximum Gasteiger partial charge on any atom is 0.271 e. The van der Waals surface area contributed by atoms with Crippen LogP contribution in [-0.4, -0.2) is 13.3 Å². The van der Waals surface area contributed by atoms with Gasteiger partial charge in [0.25, 0.3) is 15.7 Å². The largest absolute Gasteiger partial charge is 0.399 e. The van der Waals surface area contributed by atoms with Gasteiger partial charge in [0.1, 0.15) is 0 Å². The third kappa shape index (κ3) is 3.04. The standard InChI is InChI=1S/C12H11N3O4S/c13-9-3-1-6-12(7-9)20(18,19)14-10-4-2-5-11(8-10)15(16)17/h1-8,14H,13H2. The number of non-ortho nitro benzene ring substituents is 1. The lowest BCUT2D eigenvalue weighted by atomic mass is 10.3. The van der Waals surface area contributed by atoms with Crippen molar-refractivity contribution in [2.45, 2.75) is 4.90 Å². The molecule has 0 spiro atoms. The summed E-state index contributed by atoms with van der Waals surface area (Å²) in [5.74, 6) is 0. The third-order valence-electron chi connectivity index (χ3n) is 2.48. The molecule has 0 amide bonds. The molecular weight excluding hydrogens is 282 g/mol. The fraction of sp³-hybridized carbons (Fsp3) is 0. The summed E-state index contributed by atoms with van der Waals surface area (Å²) in [6, 6.07) is 11.0. The van der Waals surface area contributed by atoms with Crippen LogP contribution in [0.2, 0.25) is 0 Å². The first-order chi connectivity index (χ1) is 9.38. The Morgan fingerprint density at radius 3 is 2.45 bits per heavy atom. The molecule has 7 nitrogen and oxygen atoms in total. The van der Waals surface area contributed by atoms with Crippen LogP contribution in [0, 0.1) is 10.1 Å². The first-order valence-corrected chi connectivity index (χ1v) is 6.99. The van der Waals surface area contributed by atoms with Crippen LogP contribution in [0.15, 0.2) is 53.4 Å². The Kier molecular flexibility index (Phi) is 3.57. The first kappa shape index (κ1) is 13.8. The summed E-state index contributed by atoms with van der Waals surface area (Å²) in [7, 11) is -3.83. The van der Waals surface area contributed by atoms with Crippen LogP contribution in [0.3, 0.4) is 0 Å². The van der Waals surface area contributed by atoms with E-state index in [1.54, 1.807) is 6.07 Å². The van der Waals surface area contributed by atoms with Crippen molar-refractivity contribution in [3.8, 4) is 0 Å². The average Bonchev–Trinajstić information content (AvgIpc) is 2.38. The lowest BCUT2D eigenvalue weighted by Crippen LogP contribution is -2.13. The molecule has 104 valence electrons. The van der Waals surface area contributed by atoms with Crippen molar-refractivity contribution in [3.63, 3.8) is 0 Å². The van der Waals surface area contributed by atoms with Crippen molar-refractivity contribution < 1.29 is 13.3 Å². The molecule has 0 radical (unpaired) electrons. The van der Waals surface area contributed by atoms with Gasteiger partial charge in [-0.25, -0.2) is 8.42 Å². The number of hydrogen-bond donors (Lipinski definition) is 2. The van der Waals surface area contributed by atoms with Crippen molar-refractivity contribution in [1.29, 1.82) is 0 Å². The highest BCUT2D eigenvalue weighted by Crippen LogP contribution is 2.21. The van der Waals surface area contributed by atoms with Gasteiger partial charge in [0.2, 0.25) is 0 Å². The molecule has 0 bridgehead atoms. The summed E-state index contributed by atoms with van der Waals surface area (Å²) in [6.07, 6.45) is 0. The summed E-state index contributed by atoms with van der Waals surface area (Å²) in [6.45, 7) is 0. The molecule has 2 aromatic rings. The third-order valence-corrected chi connectivity index (χ3v) is 3.86. The van der Waals surface area contributed by atoms with E-state index in [0.717, 1.165) is 6.07 Å². The van der Waals surface area contributed by atoms with Gasteiger partial charge in [0.15, 0.2) is 0 Å². The number of rotatable bonds is 4. The number of nitrogens with two attached hydrogens (primary N) is 1. The summed E-state index contributed by atoms with van der Waals surface area (Å²) >= 11 is 0. The van der Waals surface area contributed by atoms with Gasteiger partial charge in [0, 0.05) is 17.8 Å². The molecule has 0 aliphatic rings. The summed E-state index contributed by atoms with van der Waals surface area (Å²) in [5.41, 5.74) is 5.76. The zero-order valence-corrected chi connectivity index (χ0v) is 11.0. The molecule has 3 N–H and O–H groups in total. The fourth-order valence-corrected chi connectivity index (χ4v) is 2.68. The molecule has 20 heavy (non-hydrogen) atoms. The minimum atomic E-state index is -3.83. The van der Waals surface area contributed by atoms with E-state index in [-0.39, 0.29) is 16.3 Å². The van der Waals surface area contributed by atoms with E-state index in [4.69, 9.17) is 5.73 Å². The Labute approximate surface area is 115 Å². The Hall–Kier alpha value is -2.61. The quantitative estimate of drug-likeness (QED) is 0.508. The number of nitrogen functional groups attached to an aromatic ring is 1. The second kappa shape index (κ2) is 5.17. The van der Waals surface area contributed by atoms with E-state index < -0.39 is 14.9 Å². The van der Waals surface area contributed by atoms with Crippen LogP contribution in [0.25, 0.3) is 0 Å². The van der Waals surface area contributed by atoms with Gasteiger partial charge in [0.05, 0.1) is 15.5 Å². The average molecular weight is 293 g/mol. The van der Waals surface area contributed by atoms with E-state index >= 15 is 0 Å². The van der Waals surface area contributed by atoms with Crippen molar-refractivity contribution in [3.05, 3.63) is 58.6 Å². The molecule has 0 aromatic heterocycles. The second-order valence-corrected chi connectivity index (χ2v) is 5.67. The highest BCUT2D eigenvalue weighted by Gasteiger charge is 2.15. The number of hydrogen-bond acceptors (Lipinski definition) is 5. The minimum absolute atomic E-state index is 0.0102. The molecule has 0 saturated carbocycles. The first-order valence-electron chi connectivity index (χ1n) is 5.51. The molecule has 2 rings (SSSR count). The fourth-order valence-electron chi connectivity index (χ4n) is 1.58. The van der Waals surface area contributed by atoms with Crippen molar-refractivity contribution in [2.75, 3.05) is 10.5 Å². The van der Waals surface area contributed by atoms with Crippen LogP contribution in [0.4, 0.5) is 17.1 Å². The SMILES string of the molecule is Nc1cccc(S(=O)(=O)Nc2cccc([N+](=O)[O-])c2)c1. The Balaban J connectivity index is 2.33. The van der Waals surface area contributed by atoms with Gasteiger partial charge in [-0.2, -0.15) is 0 Å². The summed E-state index contributed by atoms with van der Waals surface area (Å²) in [4.78, 5) is 10.0. The Morgan fingerprint density at radius 2 is 1.80 bits per heavy atom. The van der Waals surface area contributed by atoms with Gasteiger partial charge in [-0.15, -0.1) is 0 Å². The van der Waals surface area contributed by atoms with E-state index in [2.05, 4.69) is 4.72 Å². The molecule has 0 heterocycles. The van der Waals surface area contributed by atoms with Crippen LogP contribution in [0.5, 0.6) is 0 Å². The lowest BCUT2D eigenvalue weighted by molar-refractivity contribution is -0.384. The van der Waals surface area contributed by atoms with E-state index in [0.29, 0.717) is 5.69 Å². The number of nitro benzene ring substituents is 1. The Morgan fingerprint density at radius 1 is 1.10 bits per heavy atom. The number of nitrogens with one attached hydrogen (secondary N) is 1. The zero-order valence-electron chi connectivity index (χ0n) is 10.2. The van der Waals surface area contributed by atoms with Crippen molar-refractivity contribution in [1.82, 2.24) is 0 Å². The van der Waals surface area contributed by atoms with Gasteiger partial charge >= 0.3 is 0 Å². The van der Waals surface area contributed by atoms with E-state index in [1.807, 2.05) is 0 Å². The molecule has 0 saturated heterocycles. The molecule has 0 fully saturated rings. The van der Waals surface area contributed by atoms with Gasteiger partial charge < -0.3 is 5.73 Å². The maximum atomic E-state index is 12.1. The van der Waals surface area contributed by atoms with Crippen LogP contribution in [-0.2, 0) is 10.0 Å². The summed E-state index contributed by atoms with van der Waals surface area (Å²) in [5, 5.41) is 10.6. The lowest BCUT2D eigenvalue weighted by Gasteiger charge is -2.08. The van der Waals surface area contributed by atoms with E-state index in [9.17, 15) is 18.5 Å². The van der Waals surface area contributed by atoms with Gasteiger partial charge in [-0.1, -0.05) is 12.1 Å². The van der Waals surface area contributed by atoms with Crippen LogP contribution >= 0.6 is 0 Å². The molecule has 0 atom stereocenters. The van der Waals surface area contributed by atoms with E-state index in [1.165, 1.54) is 36.4 Å². The molecule has 8 heteroatoms. The molecule has 0 aliphatic heterocycles. The number of nitrogens with zero attached hydrogens (tertiary/aromatic N) is 1. The number of anilines is 2. The number of sulfonamides is 1. The monoisotopic (exact) mass is 293 g/mol. The maximum absolute atomic E-state index is 12.1. The number of benzene rings is 2. The molecule has 0 unspecified atom stereocenters. The molecule has 0 aliphatic carbocycles. The zero-order chi connectivity index (χ0) is 14.8. The van der Waals surface area contributed by atoms with Gasteiger partial charge in [-0.3, -0.25) is 14.8 Å². The van der Waals surface area contributed by atoms with Crippen LogP contribution < -0.4 is 10.5 Å². The van der Waals surface area contributed by atoms with Gasteiger partial charge in [-0.05, 0) is 24.3 Å². The smallest absolute Gasteiger partial charge is 0.271 e. The predicted octanol–water partition coefficient (Wildman–Crippen LogP) is 1.98.